The van der Waals surface area contributed by atoms with Crippen LogP contribution in [0.4, 0.5) is 5.00 Å². The summed E-state index contributed by atoms with van der Waals surface area (Å²) in [6.07, 6.45) is 5.43. The van der Waals surface area contributed by atoms with Crippen LogP contribution in [0.1, 0.15) is 80.6 Å². The Labute approximate surface area is 182 Å². The van der Waals surface area contributed by atoms with Crippen LogP contribution in [-0.2, 0) is 27.2 Å². The highest BCUT2D eigenvalue weighted by Crippen LogP contribution is 2.45. The summed E-state index contributed by atoms with van der Waals surface area (Å²) in [5.74, 6) is -2.33. The molecule has 1 aromatic heterocycles. The maximum atomic E-state index is 13.0. The average molecular weight is 436 g/mol. The highest BCUT2D eigenvalue weighted by molar-refractivity contribution is 7.17. The van der Waals surface area contributed by atoms with E-state index in [9.17, 15) is 19.5 Å². The van der Waals surface area contributed by atoms with Crippen LogP contribution in [-0.4, -0.2) is 29.6 Å². The molecule has 0 aromatic carbocycles. The number of amides is 1. The molecule has 2 aliphatic rings. The molecular weight excluding hydrogens is 402 g/mol. The summed E-state index contributed by atoms with van der Waals surface area (Å²) in [6.45, 7) is 8.75. The molecule has 0 bridgehead atoms. The van der Waals surface area contributed by atoms with Gasteiger partial charge in [-0.2, -0.15) is 0 Å². The third kappa shape index (κ3) is 4.71. The number of ether oxygens (including phenoxy) is 1. The first-order chi connectivity index (χ1) is 14.1. The van der Waals surface area contributed by atoms with Gasteiger partial charge in [0.05, 0.1) is 24.0 Å². The van der Waals surface area contributed by atoms with Gasteiger partial charge in [-0.1, -0.05) is 33.6 Å². The lowest BCUT2D eigenvalue weighted by molar-refractivity contribution is -0.147. The van der Waals surface area contributed by atoms with Gasteiger partial charge in [0.25, 0.3) is 0 Å². The van der Waals surface area contributed by atoms with Gasteiger partial charge in [-0.25, -0.2) is 4.79 Å². The number of hydrogen-bond donors (Lipinski definition) is 2. The zero-order chi connectivity index (χ0) is 22.1. The van der Waals surface area contributed by atoms with Crippen molar-refractivity contribution in [2.24, 2.45) is 23.2 Å². The highest BCUT2D eigenvalue weighted by atomic mass is 32.1. The summed E-state index contributed by atoms with van der Waals surface area (Å²) in [5.41, 5.74) is 1.64. The minimum absolute atomic E-state index is 0.173. The molecule has 2 N–H and O–H groups in total. The standard InChI is InChI=1S/C23H33NO5S/c1-5-29-22(28)18-16-11-10-13(23(2,3)4)12-17(16)30-20(18)24-19(25)14-8-6-7-9-15(14)21(26)27/h13-15H,5-12H2,1-4H3,(H,24,25)(H,26,27). The first-order valence-corrected chi connectivity index (χ1v) is 11.8. The summed E-state index contributed by atoms with van der Waals surface area (Å²) in [7, 11) is 0. The van der Waals surface area contributed by atoms with Gasteiger partial charge in [0.2, 0.25) is 5.91 Å². The van der Waals surface area contributed by atoms with Crippen LogP contribution in [0.15, 0.2) is 0 Å². The summed E-state index contributed by atoms with van der Waals surface area (Å²) in [6, 6.07) is 0. The first kappa shape index (κ1) is 22.8. The van der Waals surface area contributed by atoms with Crippen molar-refractivity contribution in [2.45, 2.75) is 72.6 Å². The Kier molecular flexibility index (Phi) is 6.90. The molecule has 3 atom stereocenters. The average Bonchev–Trinajstić information content (AvgIpc) is 3.04. The lowest BCUT2D eigenvalue weighted by Gasteiger charge is -2.33. The predicted octanol–water partition coefficient (Wildman–Crippen LogP) is 4.91. The minimum Gasteiger partial charge on any atom is -0.481 e. The summed E-state index contributed by atoms with van der Waals surface area (Å²) >= 11 is 1.46. The van der Waals surface area contributed by atoms with Gasteiger partial charge in [-0.15, -0.1) is 11.3 Å². The van der Waals surface area contributed by atoms with Crippen molar-refractivity contribution >= 4 is 34.2 Å². The molecule has 1 heterocycles. The van der Waals surface area contributed by atoms with Gasteiger partial charge >= 0.3 is 11.9 Å². The van der Waals surface area contributed by atoms with E-state index in [4.69, 9.17) is 4.74 Å². The van der Waals surface area contributed by atoms with Gasteiger partial charge in [0.15, 0.2) is 0 Å². The monoisotopic (exact) mass is 435 g/mol. The van der Waals surface area contributed by atoms with Gasteiger partial charge in [0, 0.05) is 4.88 Å². The number of carboxylic acid groups (broad SMARTS) is 1. The number of fused-ring (bicyclic) bond motifs is 1. The summed E-state index contributed by atoms with van der Waals surface area (Å²) < 4.78 is 5.30. The van der Waals surface area contributed by atoms with Crippen LogP contribution < -0.4 is 5.32 Å². The molecule has 6 nitrogen and oxygen atoms in total. The molecule has 0 aliphatic heterocycles. The number of esters is 1. The van der Waals surface area contributed by atoms with E-state index < -0.39 is 23.8 Å². The number of aliphatic carboxylic acids is 1. The Morgan fingerprint density at radius 2 is 1.80 bits per heavy atom. The molecule has 7 heteroatoms. The zero-order valence-corrected chi connectivity index (χ0v) is 19.2. The van der Waals surface area contributed by atoms with Crippen molar-refractivity contribution < 1.29 is 24.2 Å². The molecule has 3 unspecified atom stereocenters. The first-order valence-electron chi connectivity index (χ1n) is 11.0. The Balaban J connectivity index is 1.90. The van der Waals surface area contributed by atoms with Crippen LogP contribution in [0.3, 0.4) is 0 Å². The number of anilines is 1. The van der Waals surface area contributed by atoms with E-state index in [1.807, 2.05) is 0 Å². The van der Waals surface area contributed by atoms with Gasteiger partial charge < -0.3 is 15.2 Å². The normalized spacial score (nSPS) is 24.1. The van der Waals surface area contributed by atoms with Crippen molar-refractivity contribution in [1.82, 2.24) is 0 Å². The number of carbonyl (C=O) groups excluding carboxylic acids is 2. The Morgan fingerprint density at radius 1 is 1.13 bits per heavy atom. The molecule has 1 fully saturated rings. The lowest BCUT2D eigenvalue weighted by Crippen LogP contribution is -2.36. The number of carboxylic acids is 1. The van der Waals surface area contributed by atoms with Crippen molar-refractivity contribution in [3.63, 3.8) is 0 Å². The smallest absolute Gasteiger partial charge is 0.341 e. The summed E-state index contributed by atoms with van der Waals surface area (Å²) in [5, 5.41) is 13.0. The van der Waals surface area contributed by atoms with E-state index in [0.717, 1.165) is 42.5 Å². The molecule has 0 radical (unpaired) electrons. The van der Waals surface area contributed by atoms with E-state index in [1.165, 1.54) is 11.3 Å². The van der Waals surface area contributed by atoms with Crippen molar-refractivity contribution in [3.8, 4) is 0 Å². The fourth-order valence-corrected chi connectivity index (χ4v) is 6.10. The molecule has 0 saturated heterocycles. The van der Waals surface area contributed by atoms with Crippen LogP contribution in [0.25, 0.3) is 0 Å². The molecule has 30 heavy (non-hydrogen) atoms. The molecule has 0 spiro atoms. The van der Waals surface area contributed by atoms with Crippen LogP contribution in [0.5, 0.6) is 0 Å². The van der Waals surface area contributed by atoms with E-state index in [2.05, 4.69) is 26.1 Å². The SMILES string of the molecule is CCOC(=O)c1c(NC(=O)C2CCCCC2C(=O)O)sc2c1CCC(C(C)(C)C)C2. The number of hydrogen-bond acceptors (Lipinski definition) is 5. The Morgan fingerprint density at radius 3 is 2.40 bits per heavy atom. The van der Waals surface area contributed by atoms with E-state index in [1.54, 1.807) is 6.92 Å². The van der Waals surface area contributed by atoms with Gasteiger partial charge in [-0.3, -0.25) is 9.59 Å². The molecule has 2 aliphatic carbocycles. The fourth-order valence-electron chi connectivity index (χ4n) is 4.78. The quantitative estimate of drug-likeness (QED) is 0.641. The number of thiophene rings is 1. The number of rotatable bonds is 5. The van der Waals surface area contributed by atoms with E-state index in [-0.39, 0.29) is 17.9 Å². The fraction of sp³-hybridized carbons (Fsp3) is 0.696. The molecule has 1 amide bonds. The van der Waals surface area contributed by atoms with Crippen LogP contribution in [0, 0.1) is 23.2 Å². The van der Waals surface area contributed by atoms with Crippen molar-refractivity contribution in [1.29, 1.82) is 0 Å². The highest BCUT2D eigenvalue weighted by Gasteiger charge is 2.38. The third-order valence-corrected chi connectivity index (χ3v) is 7.80. The second-order valence-electron chi connectivity index (χ2n) is 9.56. The number of nitrogens with one attached hydrogen (secondary N) is 1. The van der Waals surface area contributed by atoms with Crippen molar-refractivity contribution in [3.05, 3.63) is 16.0 Å². The second kappa shape index (κ2) is 9.08. The largest absolute Gasteiger partial charge is 0.481 e. The molecule has 3 rings (SSSR count). The van der Waals surface area contributed by atoms with Crippen LogP contribution in [0.2, 0.25) is 0 Å². The molecule has 1 aromatic rings. The zero-order valence-electron chi connectivity index (χ0n) is 18.4. The molecular formula is C23H33NO5S. The minimum atomic E-state index is -0.918. The predicted molar refractivity (Wildman–Crippen MR) is 117 cm³/mol. The maximum absolute atomic E-state index is 13.0. The number of carbonyl (C=O) groups is 3. The van der Waals surface area contributed by atoms with Crippen molar-refractivity contribution in [2.75, 3.05) is 11.9 Å². The third-order valence-electron chi connectivity index (χ3n) is 6.63. The van der Waals surface area contributed by atoms with E-state index in [0.29, 0.717) is 29.3 Å². The second-order valence-corrected chi connectivity index (χ2v) is 10.7. The van der Waals surface area contributed by atoms with Crippen LogP contribution >= 0.6 is 11.3 Å². The molecule has 166 valence electrons. The molecule has 1 saturated carbocycles. The Hall–Kier alpha value is -1.89. The van der Waals surface area contributed by atoms with E-state index >= 15 is 0 Å². The summed E-state index contributed by atoms with van der Waals surface area (Å²) in [4.78, 5) is 38.5. The topological polar surface area (TPSA) is 92.7 Å². The Bertz CT molecular complexity index is 822. The van der Waals surface area contributed by atoms with Gasteiger partial charge in [-0.05, 0) is 55.9 Å². The maximum Gasteiger partial charge on any atom is 0.341 e. The lowest BCUT2D eigenvalue weighted by atomic mass is 9.72. The van der Waals surface area contributed by atoms with Gasteiger partial charge in [0.1, 0.15) is 5.00 Å².